The van der Waals surface area contributed by atoms with Gasteiger partial charge in [0.2, 0.25) is 0 Å². The Hall–Kier alpha value is -2.12. The van der Waals surface area contributed by atoms with Gasteiger partial charge < -0.3 is 15.0 Å². The second kappa shape index (κ2) is 9.13. The summed E-state index contributed by atoms with van der Waals surface area (Å²) < 4.78 is 21.0. The number of halogens is 2. The Morgan fingerprint density at radius 1 is 1.24 bits per heavy atom. The van der Waals surface area contributed by atoms with E-state index < -0.39 is 0 Å². The molecule has 0 aliphatic carbocycles. The molecule has 0 spiro atoms. The summed E-state index contributed by atoms with van der Waals surface area (Å²) in [5.41, 5.74) is 0.902. The number of hydrogen-bond donors (Lipinski definition) is 1. The molecule has 4 rings (SSSR count). The third kappa shape index (κ3) is 4.56. The normalized spacial score (nSPS) is 20.6. The minimum absolute atomic E-state index is 0.0381. The van der Waals surface area contributed by atoms with Crippen molar-refractivity contribution in [2.24, 2.45) is 5.92 Å². The summed E-state index contributed by atoms with van der Waals surface area (Å²) in [7, 11) is 0. The molecular weight excluding hydrogens is 395 g/mol. The molecule has 2 saturated heterocycles. The largest absolute Gasteiger partial charge is 0.382 e. The monoisotopic (exact) mass is 420 g/mol. The van der Waals surface area contributed by atoms with Crippen molar-refractivity contribution in [3.05, 3.63) is 51.7 Å². The molecule has 2 aliphatic rings. The van der Waals surface area contributed by atoms with Crippen molar-refractivity contribution in [3.63, 3.8) is 0 Å². The molecule has 6 nitrogen and oxygen atoms in total. The molecule has 1 atom stereocenters. The van der Waals surface area contributed by atoms with E-state index in [0.717, 1.165) is 26.1 Å². The maximum Gasteiger partial charge on any atom is 0.287 e. The number of aromatic nitrogens is 2. The molecule has 2 fully saturated rings. The number of nitrogens with zero attached hydrogens (tertiary/aromatic N) is 3. The number of benzene rings is 1. The smallest absolute Gasteiger partial charge is 0.287 e. The molecule has 0 radical (unpaired) electrons. The van der Waals surface area contributed by atoms with E-state index >= 15 is 0 Å². The first-order valence-electron chi connectivity index (χ1n) is 10.2. The van der Waals surface area contributed by atoms with Gasteiger partial charge >= 0.3 is 0 Å². The van der Waals surface area contributed by atoms with Crippen LogP contribution in [0, 0.1) is 11.7 Å². The van der Waals surface area contributed by atoms with E-state index in [1.54, 1.807) is 18.3 Å². The van der Waals surface area contributed by atoms with Gasteiger partial charge in [-0.05, 0) is 43.7 Å². The molecule has 1 unspecified atom stereocenters. The van der Waals surface area contributed by atoms with Gasteiger partial charge in [-0.25, -0.2) is 9.07 Å². The lowest BCUT2D eigenvalue weighted by Gasteiger charge is -2.34. The van der Waals surface area contributed by atoms with Gasteiger partial charge in [-0.15, -0.1) is 0 Å². The van der Waals surface area contributed by atoms with E-state index in [0.29, 0.717) is 49.8 Å². The summed E-state index contributed by atoms with van der Waals surface area (Å²) in [6.45, 7) is 3.60. The van der Waals surface area contributed by atoms with Crippen LogP contribution in [0.5, 0.6) is 0 Å². The fraction of sp³-hybridized carbons (Fsp3) is 0.524. The third-order valence-electron chi connectivity index (χ3n) is 5.78. The zero-order chi connectivity index (χ0) is 20.2. The Morgan fingerprint density at radius 3 is 2.76 bits per heavy atom. The van der Waals surface area contributed by atoms with Gasteiger partial charge in [0.05, 0.1) is 30.2 Å². The van der Waals surface area contributed by atoms with Gasteiger partial charge in [0.1, 0.15) is 10.8 Å². The molecule has 0 amide bonds. The quantitative estimate of drug-likeness (QED) is 0.798. The number of ether oxygens (including phenoxy) is 1. The summed E-state index contributed by atoms with van der Waals surface area (Å²) in [4.78, 5) is 14.8. The van der Waals surface area contributed by atoms with Gasteiger partial charge in [-0.1, -0.05) is 23.7 Å². The molecule has 1 aromatic carbocycles. The minimum Gasteiger partial charge on any atom is -0.382 e. The highest BCUT2D eigenvalue weighted by Crippen LogP contribution is 2.28. The fourth-order valence-electron chi connectivity index (χ4n) is 4.11. The van der Waals surface area contributed by atoms with Crippen LogP contribution in [0.2, 0.25) is 5.02 Å². The Labute approximate surface area is 174 Å². The predicted molar refractivity (Wildman–Crippen MR) is 112 cm³/mol. The van der Waals surface area contributed by atoms with Crippen molar-refractivity contribution in [1.29, 1.82) is 0 Å². The van der Waals surface area contributed by atoms with Crippen LogP contribution in [0.1, 0.15) is 31.7 Å². The standard InChI is InChI=1S/C21H26ClFN4O2/c22-20-18(24-12-15-4-3-11-29-14-15)13-25-27(21(20)28)16-7-9-26(10-8-16)19-6-2-1-5-17(19)23/h1-2,5-6,13,15-16,24H,3-4,7-12,14H2. The Morgan fingerprint density at radius 2 is 2.03 bits per heavy atom. The van der Waals surface area contributed by atoms with Crippen molar-refractivity contribution in [2.75, 3.05) is 43.1 Å². The summed E-state index contributed by atoms with van der Waals surface area (Å²) >= 11 is 6.35. The zero-order valence-electron chi connectivity index (χ0n) is 16.3. The maximum absolute atomic E-state index is 14.0. The van der Waals surface area contributed by atoms with Gasteiger partial charge in [0.15, 0.2) is 0 Å². The molecule has 1 aromatic heterocycles. The molecular formula is C21H26ClFN4O2. The highest BCUT2D eigenvalue weighted by Gasteiger charge is 2.25. The van der Waals surface area contributed by atoms with Crippen LogP contribution in [-0.4, -0.2) is 42.6 Å². The maximum atomic E-state index is 14.0. The van der Waals surface area contributed by atoms with Crippen LogP contribution >= 0.6 is 11.6 Å². The number of hydrogen-bond acceptors (Lipinski definition) is 5. The van der Waals surface area contributed by atoms with Crippen LogP contribution in [-0.2, 0) is 4.74 Å². The van der Waals surface area contributed by atoms with Crippen molar-refractivity contribution < 1.29 is 9.13 Å². The topological polar surface area (TPSA) is 59.4 Å². The number of para-hydroxylation sites is 1. The first-order valence-corrected chi connectivity index (χ1v) is 10.6. The minimum atomic E-state index is -0.277. The average molecular weight is 421 g/mol. The Bertz CT molecular complexity index is 892. The van der Waals surface area contributed by atoms with Crippen molar-refractivity contribution in [1.82, 2.24) is 9.78 Å². The van der Waals surface area contributed by atoms with E-state index in [9.17, 15) is 9.18 Å². The first kappa shape index (κ1) is 20.2. The molecule has 2 aromatic rings. The molecule has 29 heavy (non-hydrogen) atoms. The molecule has 156 valence electrons. The summed E-state index contributed by atoms with van der Waals surface area (Å²) in [6, 6.07) is 6.74. The number of nitrogens with one attached hydrogen (secondary N) is 1. The third-order valence-corrected chi connectivity index (χ3v) is 6.15. The zero-order valence-corrected chi connectivity index (χ0v) is 17.1. The summed E-state index contributed by atoms with van der Waals surface area (Å²) in [5.74, 6) is 0.202. The second-order valence-electron chi connectivity index (χ2n) is 7.76. The molecule has 1 N–H and O–H groups in total. The van der Waals surface area contributed by atoms with Crippen LogP contribution in [0.3, 0.4) is 0 Å². The number of anilines is 2. The lowest BCUT2D eigenvalue weighted by molar-refractivity contribution is 0.0595. The Kier molecular flexibility index (Phi) is 6.35. The SMILES string of the molecule is O=c1c(Cl)c(NCC2CCCOC2)cnn1C1CCN(c2ccccc2F)CC1. The van der Waals surface area contributed by atoms with Gasteiger partial charge in [-0.3, -0.25) is 4.79 Å². The molecule has 0 saturated carbocycles. The molecule has 2 aliphatic heterocycles. The van der Waals surface area contributed by atoms with Crippen LogP contribution in [0.15, 0.2) is 35.3 Å². The van der Waals surface area contributed by atoms with Crippen LogP contribution in [0.25, 0.3) is 0 Å². The number of rotatable bonds is 5. The van der Waals surface area contributed by atoms with E-state index in [-0.39, 0.29) is 22.4 Å². The van der Waals surface area contributed by atoms with Crippen LogP contribution < -0.4 is 15.8 Å². The molecule has 0 bridgehead atoms. The average Bonchev–Trinajstić information content (AvgIpc) is 2.76. The number of piperidine rings is 1. The fourth-order valence-corrected chi connectivity index (χ4v) is 4.31. The van der Waals surface area contributed by atoms with Crippen molar-refractivity contribution >= 4 is 23.0 Å². The lowest BCUT2D eigenvalue weighted by atomic mass is 10.0. The highest BCUT2D eigenvalue weighted by molar-refractivity contribution is 6.32. The van der Waals surface area contributed by atoms with E-state index in [4.69, 9.17) is 16.3 Å². The summed E-state index contributed by atoms with van der Waals surface area (Å²) in [5, 5.41) is 7.80. The van der Waals surface area contributed by atoms with E-state index in [1.165, 1.54) is 10.7 Å². The van der Waals surface area contributed by atoms with E-state index in [2.05, 4.69) is 10.4 Å². The molecule has 3 heterocycles. The van der Waals surface area contributed by atoms with Gasteiger partial charge in [0, 0.05) is 26.2 Å². The highest BCUT2D eigenvalue weighted by atomic mass is 35.5. The van der Waals surface area contributed by atoms with Crippen LogP contribution in [0.4, 0.5) is 15.8 Å². The molecule has 8 heteroatoms. The van der Waals surface area contributed by atoms with Crippen molar-refractivity contribution in [2.45, 2.75) is 31.7 Å². The summed E-state index contributed by atoms with van der Waals surface area (Å²) in [6.07, 6.45) is 5.23. The second-order valence-corrected chi connectivity index (χ2v) is 8.13. The first-order chi connectivity index (χ1) is 14.1. The van der Waals surface area contributed by atoms with Gasteiger partial charge in [0.25, 0.3) is 5.56 Å². The Balaban J connectivity index is 1.40. The lowest BCUT2D eigenvalue weighted by Crippen LogP contribution is -2.39. The van der Waals surface area contributed by atoms with Crippen molar-refractivity contribution in [3.8, 4) is 0 Å². The van der Waals surface area contributed by atoms with Gasteiger partial charge in [-0.2, -0.15) is 5.10 Å². The van der Waals surface area contributed by atoms with E-state index in [1.807, 2.05) is 11.0 Å². The predicted octanol–water partition coefficient (Wildman–Crippen LogP) is 3.72.